The molecule has 2 aromatic rings. The van der Waals surface area contributed by atoms with Gasteiger partial charge in [0, 0.05) is 43.8 Å². The highest BCUT2D eigenvalue weighted by Gasteiger charge is 2.24. The van der Waals surface area contributed by atoms with Crippen LogP contribution in [0.25, 0.3) is 11.1 Å². The normalized spacial score (nSPS) is 18.3. The molecule has 2 aliphatic rings. The molecule has 33 heavy (non-hydrogen) atoms. The molecule has 1 atom stereocenters. The van der Waals surface area contributed by atoms with Crippen LogP contribution in [0.4, 0.5) is 0 Å². The van der Waals surface area contributed by atoms with Crippen molar-refractivity contribution in [2.45, 2.75) is 38.5 Å². The molecule has 2 heterocycles. The second kappa shape index (κ2) is 10.9. The standard InChI is InChI=1S/C26H30N4O3/c31-24-14-12-23(28-29-24)13-15-25(32)30-16-4-5-19(18-30)17-27-26(33)22-10-8-21(9-11-22)20-6-2-1-3-7-20/h1-3,6-11,19H,4-5,12-18H2,(H,27,33)(H,29,31). The summed E-state index contributed by atoms with van der Waals surface area (Å²) in [5.41, 5.74) is 6.19. The molecule has 3 amide bonds. The summed E-state index contributed by atoms with van der Waals surface area (Å²) in [6, 6.07) is 17.7. The molecule has 4 rings (SSSR count). The molecular weight excluding hydrogens is 416 g/mol. The predicted octanol–water partition coefficient (Wildman–Crippen LogP) is 3.37. The number of hydrogen-bond donors (Lipinski definition) is 2. The van der Waals surface area contributed by atoms with Crippen molar-refractivity contribution in [3.63, 3.8) is 0 Å². The fourth-order valence-electron chi connectivity index (χ4n) is 4.34. The summed E-state index contributed by atoms with van der Waals surface area (Å²) in [5.74, 6) is 0.206. The van der Waals surface area contributed by atoms with Crippen molar-refractivity contribution in [1.29, 1.82) is 0 Å². The van der Waals surface area contributed by atoms with Gasteiger partial charge >= 0.3 is 0 Å². The Balaban J connectivity index is 1.23. The summed E-state index contributed by atoms with van der Waals surface area (Å²) < 4.78 is 0. The van der Waals surface area contributed by atoms with Gasteiger partial charge in [0.15, 0.2) is 0 Å². The van der Waals surface area contributed by atoms with Gasteiger partial charge < -0.3 is 10.2 Å². The first-order chi connectivity index (χ1) is 16.1. The Bertz CT molecular complexity index is 1020. The van der Waals surface area contributed by atoms with Crippen LogP contribution < -0.4 is 10.7 Å². The van der Waals surface area contributed by atoms with Gasteiger partial charge in [-0.25, -0.2) is 5.43 Å². The minimum Gasteiger partial charge on any atom is -0.352 e. The number of hydrogen-bond acceptors (Lipinski definition) is 4. The molecule has 0 aromatic heterocycles. The summed E-state index contributed by atoms with van der Waals surface area (Å²) >= 11 is 0. The maximum absolute atomic E-state index is 12.7. The van der Waals surface area contributed by atoms with Crippen LogP contribution in [-0.4, -0.2) is 48.0 Å². The number of carbonyl (C=O) groups is 3. The molecule has 1 saturated heterocycles. The van der Waals surface area contributed by atoms with Crippen molar-refractivity contribution >= 4 is 23.4 Å². The maximum Gasteiger partial charge on any atom is 0.251 e. The van der Waals surface area contributed by atoms with Crippen molar-refractivity contribution < 1.29 is 14.4 Å². The molecule has 0 saturated carbocycles. The first-order valence-corrected chi connectivity index (χ1v) is 11.6. The van der Waals surface area contributed by atoms with E-state index in [-0.39, 0.29) is 23.6 Å². The summed E-state index contributed by atoms with van der Waals surface area (Å²) in [6.45, 7) is 1.98. The smallest absolute Gasteiger partial charge is 0.251 e. The van der Waals surface area contributed by atoms with Crippen LogP contribution in [0.15, 0.2) is 59.7 Å². The molecular formula is C26H30N4O3. The van der Waals surface area contributed by atoms with Crippen LogP contribution in [0, 0.1) is 5.92 Å². The Morgan fingerprint density at radius 3 is 2.52 bits per heavy atom. The number of carbonyl (C=O) groups excluding carboxylic acids is 3. The fraction of sp³-hybridized carbons (Fsp3) is 0.385. The zero-order valence-electron chi connectivity index (χ0n) is 18.8. The van der Waals surface area contributed by atoms with Crippen LogP contribution in [0.2, 0.25) is 0 Å². The van der Waals surface area contributed by atoms with Crippen LogP contribution in [0.5, 0.6) is 0 Å². The Labute approximate surface area is 194 Å². The van der Waals surface area contributed by atoms with E-state index in [4.69, 9.17) is 0 Å². The second-order valence-electron chi connectivity index (χ2n) is 8.71. The van der Waals surface area contributed by atoms with Crippen molar-refractivity contribution in [2.24, 2.45) is 11.0 Å². The predicted molar refractivity (Wildman–Crippen MR) is 128 cm³/mol. The molecule has 1 unspecified atom stereocenters. The average Bonchev–Trinajstić information content (AvgIpc) is 2.87. The molecule has 172 valence electrons. The highest BCUT2D eigenvalue weighted by atomic mass is 16.2. The van der Waals surface area contributed by atoms with E-state index < -0.39 is 0 Å². The van der Waals surface area contributed by atoms with Gasteiger partial charge in [-0.2, -0.15) is 5.10 Å². The summed E-state index contributed by atoms with van der Waals surface area (Å²) in [4.78, 5) is 38.4. The minimum atomic E-state index is -0.0876. The third-order valence-corrected chi connectivity index (χ3v) is 6.28. The minimum absolute atomic E-state index is 0.0712. The summed E-state index contributed by atoms with van der Waals surface area (Å²) in [7, 11) is 0. The van der Waals surface area contributed by atoms with Gasteiger partial charge in [-0.05, 0) is 54.9 Å². The zero-order chi connectivity index (χ0) is 23.0. The second-order valence-corrected chi connectivity index (χ2v) is 8.71. The SMILES string of the molecule is O=C1CCC(CCC(=O)N2CCCC(CNC(=O)c3ccc(-c4ccccc4)cc3)C2)=NN1. The number of likely N-dealkylation sites (tertiary alicyclic amines) is 1. The molecule has 2 N–H and O–H groups in total. The van der Waals surface area contributed by atoms with Crippen LogP contribution in [-0.2, 0) is 9.59 Å². The van der Waals surface area contributed by atoms with Gasteiger partial charge in [0.2, 0.25) is 11.8 Å². The molecule has 7 heteroatoms. The van der Waals surface area contributed by atoms with E-state index in [1.807, 2.05) is 59.5 Å². The molecule has 2 aromatic carbocycles. The Morgan fingerprint density at radius 1 is 1.03 bits per heavy atom. The third kappa shape index (κ3) is 6.28. The molecule has 0 spiro atoms. The van der Waals surface area contributed by atoms with Gasteiger partial charge in [-0.15, -0.1) is 0 Å². The van der Waals surface area contributed by atoms with Crippen LogP contribution in [0.3, 0.4) is 0 Å². The van der Waals surface area contributed by atoms with Crippen molar-refractivity contribution in [3.05, 3.63) is 60.2 Å². The van der Waals surface area contributed by atoms with Gasteiger partial charge in [0.1, 0.15) is 0 Å². The van der Waals surface area contributed by atoms with E-state index in [9.17, 15) is 14.4 Å². The lowest BCUT2D eigenvalue weighted by Crippen LogP contribution is -2.43. The van der Waals surface area contributed by atoms with Crippen LogP contribution in [0.1, 0.15) is 48.9 Å². The van der Waals surface area contributed by atoms with Gasteiger partial charge in [-0.1, -0.05) is 42.5 Å². The van der Waals surface area contributed by atoms with E-state index in [0.29, 0.717) is 44.3 Å². The largest absolute Gasteiger partial charge is 0.352 e. The van der Waals surface area contributed by atoms with Gasteiger partial charge in [0.05, 0.1) is 0 Å². The zero-order valence-corrected chi connectivity index (χ0v) is 18.8. The third-order valence-electron chi connectivity index (χ3n) is 6.28. The van der Waals surface area contributed by atoms with Crippen molar-refractivity contribution in [3.8, 4) is 11.1 Å². The van der Waals surface area contributed by atoms with Crippen molar-refractivity contribution in [1.82, 2.24) is 15.6 Å². The first-order valence-electron chi connectivity index (χ1n) is 11.6. The number of piperidine rings is 1. The maximum atomic E-state index is 12.7. The van der Waals surface area contributed by atoms with Crippen LogP contribution >= 0.6 is 0 Å². The average molecular weight is 447 g/mol. The molecule has 1 fully saturated rings. The Kier molecular flexibility index (Phi) is 7.50. The molecule has 0 bridgehead atoms. The lowest BCUT2D eigenvalue weighted by Gasteiger charge is -2.33. The first kappa shape index (κ1) is 22.7. The van der Waals surface area contributed by atoms with E-state index in [1.165, 1.54) is 0 Å². The highest BCUT2D eigenvalue weighted by molar-refractivity contribution is 5.95. The van der Waals surface area contributed by atoms with Gasteiger partial charge in [-0.3, -0.25) is 14.4 Å². The molecule has 7 nitrogen and oxygen atoms in total. The lowest BCUT2D eigenvalue weighted by atomic mass is 9.97. The van der Waals surface area contributed by atoms with E-state index in [0.717, 1.165) is 36.2 Å². The topological polar surface area (TPSA) is 90.9 Å². The molecule has 0 radical (unpaired) electrons. The summed E-state index contributed by atoms with van der Waals surface area (Å²) in [6.07, 6.45) is 3.98. The number of nitrogens with one attached hydrogen (secondary N) is 2. The molecule has 0 aliphatic carbocycles. The number of rotatable bonds is 7. The quantitative estimate of drug-likeness (QED) is 0.683. The highest BCUT2D eigenvalue weighted by Crippen LogP contribution is 2.20. The van der Waals surface area contributed by atoms with E-state index in [2.05, 4.69) is 15.8 Å². The van der Waals surface area contributed by atoms with Gasteiger partial charge in [0.25, 0.3) is 5.91 Å². The van der Waals surface area contributed by atoms with Crippen molar-refractivity contribution in [2.75, 3.05) is 19.6 Å². The Hall–Kier alpha value is -3.48. The number of amides is 3. The summed E-state index contributed by atoms with van der Waals surface area (Å²) in [5, 5.41) is 7.08. The van der Waals surface area contributed by atoms with E-state index >= 15 is 0 Å². The lowest BCUT2D eigenvalue weighted by molar-refractivity contribution is -0.132. The number of benzene rings is 2. The fourth-order valence-corrected chi connectivity index (χ4v) is 4.34. The number of hydrazone groups is 1. The Morgan fingerprint density at radius 2 is 1.79 bits per heavy atom. The number of nitrogens with zero attached hydrogens (tertiary/aromatic N) is 2. The van der Waals surface area contributed by atoms with E-state index in [1.54, 1.807) is 0 Å². The molecule has 2 aliphatic heterocycles. The monoisotopic (exact) mass is 446 g/mol.